The van der Waals surface area contributed by atoms with Crippen LogP contribution in [0.25, 0.3) is 0 Å². The fourth-order valence-corrected chi connectivity index (χ4v) is 3.05. The zero-order valence-corrected chi connectivity index (χ0v) is 14.0. The molecule has 0 aromatic heterocycles. The summed E-state index contributed by atoms with van der Waals surface area (Å²) in [6.45, 7) is 1.35. The van der Waals surface area contributed by atoms with E-state index in [9.17, 15) is 9.18 Å². The molecule has 0 atom stereocenters. The second-order valence-corrected chi connectivity index (χ2v) is 6.69. The van der Waals surface area contributed by atoms with Crippen molar-refractivity contribution >= 4 is 5.91 Å². The van der Waals surface area contributed by atoms with Crippen molar-refractivity contribution in [3.05, 3.63) is 71.5 Å². The van der Waals surface area contributed by atoms with Gasteiger partial charge in [0.25, 0.3) is 0 Å². The van der Waals surface area contributed by atoms with Crippen LogP contribution in [0.1, 0.15) is 24.0 Å². The lowest BCUT2D eigenvalue weighted by molar-refractivity contribution is -0.122. The number of hydrogen-bond acceptors (Lipinski definition) is 2. The van der Waals surface area contributed by atoms with E-state index in [1.165, 1.54) is 11.6 Å². The maximum absolute atomic E-state index is 13.7. The van der Waals surface area contributed by atoms with Crippen molar-refractivity contribution < 1.29 is 9.18 Å². The fraction of sp³-hybridized carbons (Fsp3) is 0.350. The van der Waals surface area contributed by atoms with Crippen LogP contribution >= 0.6 is 0 Å². The van der Waals surface area contributed by atoms with Crippen LogP contribution in [0.3, 0.4) is 0 Å². The number of nitrogens with zero attached hydrogens (tertiary/aromatic N) is 1. The summed E-state index contributed by atoms with van der Waals surface area (Å²) in [5.41, 5.74) is 2.02. The molecule has 4 heteroatoms. The molecule has 2 aromatic rings. The second kappa shape index (κ2) is 7.14. The number of hydrogen-bond donors (Lipinski definition) is 1. The number of nitrogens with one attached hydrogen (secondary N) is 1. The molecule has 24 heavy (non-hydrogen) atoms. The minimum Gasteiger partial charge on any atom is -0.354 e. The summed E-state index contributed by atoms with van der Waals surface area (Å²) in [5, 5.41) is 3.04. The van der Waals surface area contributed by atoms with Gasteiger partial charge in [-0.3, -0.25) is 9.69 Å². The number of carbonyl (C=O) groups is 1. The number of benzene rings is 2. The van der Waals surface area contributed by atoms with Crippen LogP contribution in [0.15, 0.2) is 54.6 Å². The Morgan fingerprint density at radius 1 is 1.12 bits per heavy atom. The summed E-state index contributed by atoms with van der Waals surface area (Å²) in [6, 6.07) is 17.0. The van der Waals surface area contributed by atoms with Crippen LogP contribution < -0.4 is 5.32 Å². The highest BCUT2D eigenvalue weighted by Crippen LogP contribution is 2.47. The van der Waals surface area contributed by atoms with Gasteiger partial charge < -0.3 is 5.32 Å². The lowest BCUT2D eigenvalue weighted by atomic mass is 9.96. The largest absolute Gasteiger partial charge is 0.354 e. The molecular weight excluding hydrogens is 303 g/mol. The van der Waals surface area contributed by atoms with Crippen LogP contribution in [0.4, 0.5) is 4.39 Å². The van der Waals surface area contributed by atoms with Crippen molar-refractivity contribution in [1.29, 1.82) is 0 Å². The van der Waals surface area contributed by atoms with Crippen LogP contribution in [-0.2, 0) is 16.8 Å². The standard InChI is InChI=1S/C20H23FN2O/c1-23(13-16-7-5-6-10-18(16)21)14-19(24)22-15-20(11-12-20)17-8-3-2-4-9-17/h2-10H,11-15H2,1H3,(H,22,24). The Balaban J connectivity index is 1.49. The molecule has 0 heterocycles. The minimum atomic E-state index is -0.231. The number of likely N-dealkylation sites (N-methyl/N-ethyl adjacent to an activating group) is 1. The van der Waals surface area contributed by atoms with Crippen LogP contribution in [0, 0.1) is 5.82 Å². The molecule has 0 bridgehead atoms. The molecule has 0 radical (unpaired) electrons. The zero-order chi connectivity index (χ0) is 17.0. The van der Waals surface area contributed by atoms with Crippen molar-refractivity contribution in [2.24, 2.45) is 0 Å². The maximum atomic E-state index is 13.7. The molecule has 0 unspecified atom stereocenters. The van der Waals surface area contributed by atoms with Crippen molar-refractivity contribution in [3.63, 3.8) is 0 Å². The molecule has 0 spiro atoms. The van der Waals surface area contributed by atoms with Gasteiger partial charge >= 0.3 is 0 Å². The molecule has 1 saturated carbocycles. The normalized spacial score (nSPS) is 15.3. The van der Waals surface area contributed by atoms with Crippen LogP contribution in [-0.4, -0.2) is 30.9 Å². The summed E-state index contributed by atoms with van der Waals surface area (Å²) in [6.07, 6.45) is 2.23. The van der Waals surface area contributed by atoms with Crippen LogP contribution in [0.2, 0.25) is 0 Å². The topological polar surface area (TPSA) is 32.3 Å². The molecule has 1 amide bonds. The summed E-state index contributed by atoms with van der Waals surface area (Å²) < 4.78 is 13.7. The fourth-order valence-electron chi connectivity index (χ4n) is 3.05. The molecule has 126 valence electrons. The monoisotopic (exact) mass is 326 g/mol. The van der Waals surface area contributed by atoms with Crippen molar-refractivity contribution in [2.75, 3.05) is 20.1 Å². The molecule has 3 nitrogen and oxygen atoms in total. The van der Waals surface area contributed by atoms with Gasteiger partial charge in [0.2, 0.25) is 5.91 Å². The molecule has 0 saturated heterocycles. The summed E-state index contributed by atoms with van der Waals surface area (Å²) in [7, 11) is 1.83. The predicted molar refractivity (Wildman–Crippen MR) is 93.1 cm³/mol. The third-order valence-corrected chi connectivity index (χ3v) is 4.68. The average Bonchev–Trinajstić information content (AvgIpc) is 3.37. The maximum Gasteiger partial charge on any atom is 0.234 e. The van der Waals surface area contributed by atoms with Gasteiger partial charge in [-0.15, -0.1) is 0 Å². The van der Waals surface area contributed by atoms with E-state index in [4.69, 9.17) is 0 Å². The van der Waals surface area contributed by atoms with E-state index in [-0.39, 0.29) is 23.7 Å². The average molecular weight is 326 g/mol. The van der Waals surface area contributed by atoms with E-state index in [0.717, 1.165) is 12.8 Å². The molecule has 2 aromatic carbocycles. The third-order valence-electron chi connectivity index (χ3n) is 4.68. The Bertz CT molecular complexity index is 698. The number of carbonyl (C=O) groups excluding carboxylic acids is 1. The van der Waals surface area contributed by atoms with E-state index in [1.54, 1.807) is 12.1 Å². The van der Waals surface area contributed by atoms with Gasteiger partial charge in [0.05, 0.1) is 6.54 Å². The van der Waals surface area contributed by atoms with E-state index >= 15 is 0 Å². The number of halogens is 1. The quantitative estimate of drug-likeness (QED) is 0.848. The first-order valence-corrected chi connectivity index (χ1v) is 8.33. The highest BCUT2D eigenvalue weighted by molar-refractivity contribution is 5.78. The second-order valence-electron chi connectivity index (χ2n) is 6.69. The molecule has 1 aliphatic rings. The molecule has 0 aliphatic heterocycles. The first-order chi connectivity index (χ1) is 11.6. The Morgan fingerprint density at radius 3 is 2.46 bits per heavy atom. The molecular formula is C20H23FN2O. The highest BCUT2D eigenvalue weighted by Gasteiger charge is 2.44. The van der Waals surface area contributed by atoms with Gasteiger partial charge in [0.15, 0.2) is 0 Å². The molecule has 1 aliphatic carbocycles. The molecule has 1 fully saturated rings. The number of amides is 1. The van der Waals surface area contributed by atoms with Gasteiger partial charge in [0.1, 0.15) is 5.82 Å². The summed E-state index contributed by atoms with van der Waals surface area (Å²) >= 11 is 0. The highest BCUT2D eigenvalue weighted by atomic mass is 19.1. The Morgan fingerprint density at radius 2 is 1.79 bits per heavy atom. The lowest BCUT2D eigenvalue weighted by Crippen LogP contribution is -2.38. The lowest BCUT2D eigenvalue weighted by Gasteiger charge is -2.20. The Labute approximate surface area is 142 Å². The van der Waals surface area contributed by atoms with Crippen LogP contribution in [0.5, 0.6) is 0 Å². The van der Waals surface area contributed by atoms with Gasteiger partial charge in [-0.1, -0.05) is 48.5 Å². The van der Waals surface area contributed by atoms with E-state index in [2.05, 4.69) is 17.4 Å². The summed E-state index contributed by atoms with van der Waals surface area (Å²) in [4.78, 5) is 14.0. The number of rotatable bonds is 7. The zero-order valence-electron chi connectivity index (χ0n) is 14.0. The van der Waals surface area contributed by atoms with Gasteiger partial charge in [-0.2, -0.15) is 0 Å². The van der Waals surface area contributed by atoms with Crippen molar-refractivity contribution in [3.8, 4) is 0 Å². The first-order valence-electron chi connectivity index (χ1n) is 8.33. The van der Waals surface area contributed by atoms with Crippen molar-refractivity contribution in [1.82, 2.24) is 10.2 Å². The third kappa shape index (κ3) is 4.01. The molecule has 3 rings (SSSR count). The Hall–Kier alpha value is -2.20. The SMILES string of the molecule is CN(CC(=O)NCC1(c2ccccc2)CC1)Cc1ccccc1F. The van der Waals surface area contributed by atoms with Gasteiger partial charge in [0, 0.05) is 24.1 Å². The first kappa shape index (κ1) is 16.7. The van der Waals surface area contributed by atoms with E-state index < -0.39 is 0 Å². The summed E-state index contributed by atoms with van der Waals surface area (Å²) in [5.74, 6) is -0.248. The van der Waals surface area contributed by atoms with Gasteiger partial charge in [-0.25, -0.2) is 4.39 Å². The van der Waals surface area contributed by atoms with Gasteiger partial charge in [-0.05, 0) is 31.5 Å². The van der Waals surface area contributed by atoms with E-state index in [1.807, 2.05) is 36.2 Å². The predicted octanol–water partition coefficient (Wildman–Crippen LogP) is 3.11. The van der Waals surface area contributed by atoms with E-state index in [0.29, 0.717) is 18.7 Å². The molecule has 1 N–H and O–H groups in total. The smallest absolute Gasteiger partial charge is 0.234 e. The Kier molecular flexibility index (Phi) is 4.95. The minimum absolute atomic E-state index is 0.0176. The van der Waals surface area contributed by atoms with Crippen molar-refractivity contribution in [2.45, 2.75) is 24.8 Å².